The first kappa shape index (κ1) is 24.4. The molecule has 0 fully saturated rings. The van der Waals surface area contributed by atoms with Crippen molar-refractivity contribution < 1.29 is 18.7 Å². The van der Waals surface area contributed by atoms with Crippen molar-refractivity contribution in [1.29, 1.82) is 0 Å². The lowest BCUT2D eigenvalue weighted by molar-refractivity contribution is -0.129. The molecule has 0 aliphatic carbocycles. The second-order valence-corrected chi connectivity index (χ2v) is 5.99. The Balaban J connectivity index is 0.000000989. The smallest absolute Gasteiger partial charge is 0.268 e. The Morgan fingerprint density at radius 2 is 1.93 bits per heavy atom. The molecule has 0 saturated heterocycles. The van der Waals surface area contributed by atoms with E-state index in [2.05, 4.69) is 10.3 Å². The zero-order valence-corrected chi connectivity index (χ0v) is 18.2. The highest BCUT2D eigenvalue weighted by Crippen LogP contribution is 2.32. The minimum Gasteiger partial charge on any atom is -0.383 e. The lowest BCUT2D eigenvalue weighted by Crippen LogP contribution is -2.29. The number of rotatable bonds is 5. The van der Waals surface area contributed by atoms with E-state index in [4.69, 9.17) is 4.74 Å². The number of halogens is 1. The molecule has 1 aromatic heterocycles. The van der Waals surface area contributed by atoms with Gasteiger partial charge < -0.3 is 19.9 Å². The van der Waals surface area contributed by atoms with Gasteiger partial charge in [0.2, 0.25) is 5.91 Å². The SMILES string of the molecule is CC.CC.COCCN(C)C(=O)CC1=CCNC(=O)c2[nH]c3ccc(F)cc3c21. The first-order valence-corrected chi connectivity index (χ1v) is 10.0. The minimum absolute atomic E-state index is 0.0886. The Labute approximate surface area is 172 Å². The lowest BCUT2D eigenvalue weighted by Gasteiger charge is -2.17. The van der Waals surface area contributed by atoms with Gasteiger partial charge in [-0.15, -0.1) is 0 Å². The van der Waals surface area contributed by atoms with Crippen LogP contribution < -0.4 is 5.32 Å². The normalized spacial score (nSPS) is 12.4. The Morgan fingerprint density at radius 3 is 2.59 bits per heavy atom. The van der Waals surface area contributed by atoms with Gasteiger partial charge in [0, 0.05) is 43.7 Å². The van der Waals surface area contributed by atoms with Crippen molar-refractivity contribution in [2.24, 2.45) is 0 Å². The van der Waals surface area contributed by atoms with Crippen LogP contribution in [-0.4, -0.2) is 55.6 Å². The number of likely N-dealkylation sites (N-methyl/N-ethyl adjacent to an activating group) is 1. The molecule has 2 N–H and O–H groups in total. The van der Waals surface area contributed by atoms with Gasteiger partial charge in [-0.3, -0.25) is 9.59 Å². The van der Waals surface area contributed by atoms with Gasteiger partial charge in [-0.25, -0.2) is 4.39 Å². The maximum Gasteiger partial charge on any atom is 0.268 e. The molecule has 0 atom stereocenters. The maximum absolute atomic E-state index is 13.7. The third-order valence-corrected chi connectivity index (χ3v) is 4.32. The van der Waals surface area contributed by atoms with Crippen LogP contribution in [0.15, 0.2) is 24.3 Å². The zero-order chi connectivity index (χ0) is 22.0. The van der Waals surface area contributed by atoms with E-state index in [1.807, 2.05) is 33.8 Å². The molecule has 0 unspecified atom stereocenters. The molecule has 3 rings (SSSR count). The fraction of sp³-hybridized carbons (Fsp3) is 0.455. The van der Waals surface area contributed by atoms with Crippen LogP contribution in [0.25, 0.3) is 16.5 Å². The Bertz CT molecular complexity index is 858. The number of hydrogen-bond donors (Lipinski definition) is 2. The summed E-state index contributed by atoms with van der Waals surface area (Å²) >= 11 is 0. The van der Waals surface area contributed by atoms with Crippen LogP contribution in [0.5, 0.6) is 0 Å². The predicted octanol–water partition coefficient (Wildman–Crippen LogP) is 3.98. The summed E-state index contributed by atoms with van der Waals surface area (Å²) in [5.74, 6) is -0.741. The molecular weight excluding hydrogens is 373 g/mol. The van der Waals surface area contributed by atoms with E-state index in [1.54, 1.807) is 25.1 Å². The van der Waals surface area contributed by atoms with Crippen LogP contribution in [0.1, 0.15) is 50.2 Å². The highest BCUT2D eigenvalue weighted by atomic mass is 19.1. The molecule has 1 aromatic carbocycles. The topological polar surface area (TPSA) is 74.4 Å². The Kier molecular flexibility index (Phi) is 10.1. The van der Waals surface area contributed by atoms with E-state index in [0.29, 0.717) is 47.4 Å². The fourth-order valence-electron chi connectivity index (χ4n) is 2.94. The van der Waals surface area contributed by atoms with Gasteiger partial charge >= 0.3 is 0 Å². The van der Waals surface area contributed by atoms with Crippen molar-refractivity contribution in [3.05, 3.63) is 41.3 Å². The Morgan fingerprint density at radius 1 is 1.24 bits per heavy atom. The largest absolute Gasteiger partial charge is 0.383 e. The number of carbonyl (C=O) groups excluding carboxylic acids is 2. The zero-order valence-electron chi connectivity index (χ0n) is 18.2. The predicted molar refractivity (Wildman–Crippen MR) is 115 cm³/mol. The molecule has 2 amide bonds. The van der Waals surface area contributed by atoms with Gasteiger partial charge in [-0.2, -0.15) is 0 Å². The van der Waals surface area contributed by atoms with Gasteiger partial charge in [-0.1, -0.05) is 33.8 Å². The molecule has 2 aromatic rings. The number of amides is 2. The van der Waals surface area contributed by atoms with Crippen molar-refractivity contribution in [2.75, 3.05) is 33.9 Å². The summed E-state index contributed by atoms with van der Waals surface area (Å²) in [5, 5.41) is 3.36. The maximum atomic E-state index is 13.7. The van der Waals surface area contributed by atoms with Gasteiger partial charge in [-0.05, 0) is 23.8 Å². The fourth-order valence-corrected chi connectivity index (χ4v) is 2.94. The molecule has 29 heavy (non-hydrogen) atoms. The number of methoxy groups -OCH3 is 1. The van der Waals surface area contributed by atoms with E-state index in [1.165, 1.54) is 12.1 Å². The third kappa shape index (κ3) is 5.90. The summed E-state index contributed by atoms with van der Waals surface area (Å²) in [6.07, 6.45) is 1.94. The number of fused-ring (bicyclic) bond motifs is 3. The first-order valence-electron chi connectivity index (χ1n) is 10.0. The van der Waals surface area contributed by atoms with Crippen molar-refractivity contribution in [1.82, 2.24) is 15.2 Å². The number of nitrogens with one attached hydrogen (secondary N) is 2. The van der Waals surface area contributed by atoms with E-state index in [9.17, 15) is 14.0 Å². The van der Waals surface area contributed by atoms with Crippen LogP contribution in [-0.2, 0) is 9.53 Å². The van der Waals surface area contributed by atoms with Crippen LogP contribution in [0.3, 0.4) is 0 Å². The average Bonchev–Trinajstić information content (AvgIpc) is 3.05. The first-order chi connectivity index (χ1) is 14.0. The molecule has 2 heterocycles. The molecule has 1 aliphatic heterocycles. The number of hydrogen-bond acceptors (Lipinski definition) is 3. The number of benzene rings is 1. The number of nitrogens with zero attached hydrogens (tertiary/aromatic N) is 1. The van der Waals surface area contributed by atoms with Gasteiger partial charge in [0.15, 0.2) is 0 Å². The monoisotopic (exact) mass is 405 g/mol. The number of carbonyl (C=O) groups is 2. The van der Waals surface area contributed by atoms with E-state index >= 15 is 0 Å². The molecular formula is C22H32FN3O3. The number of ether oxygens (including phenoxy) is 1. The Hall–Kier alpha value is -2.67. The second kappa shape index (κ2) is 12.0. The van der Waals surface area contributed by atoms with Crippen molar-refractivity contribution in [3.63, 3.8) is 0 Å². The van der Waals surface area contributed by atoms with Gasteiger partial charge in [0.05, 0.1) is 13.0 Å². The summed E-state index contributed by atoms with van der Waals surface area (Å²) in [5.41, 5.74) is 2.32. The van der Waals surface area contributed by atoms with E-state index in [0.717, 1.165) is 0 Å². The summed E-state index contributed by atoms with van der Waals surface area (Å²) in [4.78, 5) is 29.4. The number of H-pyrrole nitrogens is 1. The number of aromatic amines is 1. The lowest BCUT2D eigenvalue weighted by atomic mass is 9.98. The molecule has 6 nitrogen and oxygen atoms in total. The highest BCUT2D eigenvalue weighted by molar-refractivity contribution is 6.09. The van der Waals surface area contributed by atoms with Gasteiger partial charge in [0.25, 0.3) is 5.91 Å². The summed E-state index contributed by atoms with van der Waals surface area (Å²) < 4.78 is 18.7. The average molecular weight is 406 g/mol. The minimum atomic E-state index is -0.387. The molecule has 0 bridgehead atoms. The molecule has 1 aliphatic rings. The molecule has 160 valence electrons. The highest BCUT2D eigenvalue weighted by Gasteiger charge is 2.25. The van der Waals surface area contributed by atoms with Crippen molar-refractivity contribution in [3.8, 4) is 0 Å². The number of aromatic nitrogens is 1. The summed E-state index contributed by atoms with van der Waals surface area (Å²) in [7, 11) is 3.29. The molecule has 0 radical (unpaired) electrons. The van der Waals surface area contributed by atoms with E-state index < -0.39 is 0 Å². The second-order valence-electron chi connectivity index (χ2n) is 5.99. The van der Waals surface area contributed by atoms with Gasteiger partial charge in [0.1, 0.15) is 11.5 Å². The van der Waals surface area contributed by atoms with Crippen LogP contribution in [0, 0.1) is 5.82 Å². The quantitative estimate of drug-likeness (QED) is 0.790. The van der Waals surface area contributed by atoms with Crippen LogP contribution in [0.2, 0.25) is 0 Å². The van der Waals surface area contributed by atoms with Crippen molar-refractivity contribution >= 4 is 28.3 Å². The van der Waals surface area contributed by atoms with Crippen LogP contribution in [0.4, 0.5) is 4.39 Å². The molecule has 0 spiro atoms. The van der Waals surface area contributed by atoms with Crippen molar-refractivity contribution in [2.45, 2.75) is 34.1 Å². The molecule has 0 saturated carbocycles. The summed E-state index contributed by atoms with van der Waals surface area (Å²) in [6.45, 7) is 9.25. The molecule has 7 heteroatoms. The van der Waals surface area contributed by atoms with E-state index in [-0.39, 0.29) is 24.1 Å². The third-order valence-electron chi connectivity index (χ3n) is 4.32. The van der Waals surface area contributed by atoms with Crippen LogP contribution >= 0.6 is 0 Å². The summed E-state index contributed by atoms with van der Waals surface area (Å²) in [6, 6.07) is 4.32. The standard InChI is InChI=1S/C18H20FN3O3.2C2H6/c1-22(7-8-25-2)15(23)9-11-5-6-20-18(24)17-16(11)13-10-12(19)3-4-14(13)21-17;2*1-2/h3-5,10,21H,6-9H2,1-2H3,(H,20,24);2*1-2H3.